The summed E-state index contributed by atoms with van der Waals surface area (Å²) in [6, 6.07) is 10.3. The summed E-state index contributed by atoms with van der Waals surface area (Å²) in [6.07, 6.45) is 1.59. The highest BCUT2D eigenvalue weighted by Crippen LogP contribution is 2.33. The molecule has 0 saturated carbocycles. The molecule has 0 unspecified atom stereocenters. The summed E-state index contributed by atoms with van der Waals surface area (Å²) < 4.78 is 5.22. The van der Waals surface area contributed by atoms with Crippen LogP contribution in [0.15, 0.2) is 45.7 Å². The Morgan fingerprint density at radius 3 is 2.73 bits per heavy atom. The van der Waals surface area contributed by atoms with E-state index in [2.05, 4.69) is 5.32 Å². The Morgan fingerprint density at radius 2 is 2.04 bits per heavy atom. The molecule has 1 fully saturated rings. The Labute approximate surface area is 159 Å². The standard InChI is InChI=1S/C18H15ClN2O4S/c1-11-6-7-14(25-11)16(22)20-8-9-21-17(23)15(26-18(21)24)10-12-4-2-3-5-13(12)19/h2-7,10H,8-9H2,1H3,(H,20,22)/b15-10-. The third-order valence-corrected chi connectivity index (χ3v) is 4.90. The summed E-state index contributed by atoms with van der Waals surface area (Å²) >= 11 is 6.93. The molecule has 0 aliphatic carbocycles. The second kappa shape index (κ2) is 7.80. The highest BCUT2D eigenvalue weighted by Gasteiger charge is 2.34. The monoisotopic (exact) mass is 390 g/mol. The molecular formula is C18H15ClN2O4S. The van der Waals surface area contributed by atoms with Crippen LogP contribution < -0.4 is 5.32 Å². The molecule has 8 heteroatoms. The first-order valence-corrected chi connectivity index (χ1v) is 8.99. The van der Waals surface area contributed by atoms with Crippen LogP contribution in [0.3, 0.4) is 0 Å². The molecule has 1 aromatic carbocycles. The van der Waals surface area contributed by atoms with Crippen molar-refractivity contribution in [2.24, 2.45) is 0 Å². The lowest BCUT2D eigenvalue weighted by Gasteiger charge is -2.12. The molecule has 2 heterocycles. The Hall–Kier alpha value is -2.51. The van der Waals surface area contributed by atoms with Gasteiger partial charge in [0.05, 0.1) is 4.91 Å². The number of nitrogens with one attached hydrogen (secondary N) is 1. The number of hydrogen-bond acceptors (Lipinski definition) is 5. The average Bonchev–Trinajstić information content (AvgIpc) is 3.15. The fraction of sp³-hybridized carbons (Fsp3) is 0.167. The van der Waals surface area contributed by atoms with Gasteiger partial charge in [0.25, 0.3) is 17.1 Å². The van der Waals surface area contributed by atoms with Crippen molar-refractivity contribution in [3.05, 3.63) is 63.4 Å². The van der Waals surface area contributed by atoms with Crippen molar-refractivity contribution in [1.29, 1.82) is 0 Å². The van der Waals surface area contributed by atoms with E-state index >= 15 is 0 Å². The third-order valence-electron chi connectivity index (χ3n) is 3.65. The van der Waals surface area contributed by atoms with Gasteiger partial charge in [-0.3, -0.25) is 19.3 Å². The Balaban J connectivity index is 1.61. The van der Waals surface area contributed by atoms with Gasteiger partial charge >= 0.3 is 0 Å². The molecule has 2 aromatic rings. The minimum atomic E-state index is -0.400. The van der Waals surface area contributed by atoms with Crippen molar-refractivity contribution in [2.45, 2.75) is 6.92 Å². The Kier molecular flexibility index (Phi) is 5.49. The number of rotatable bonds is 5. The number of halogens is 1. The summed E-state index contributed by atoms with van der Waals surface area (Å²) in [5, 5.41) is 2.75. The van der Waals surface area contributed by atoms with Crippen LogP contribution in [-0.2, 0) is 4.79 Å². The van der Waals surface area contributed by atoms with E-state index < -0.39 is 11.8 Å². The smallest absolute Gasteiger partial charge is 0.293 e. The van der Waals surface area contributed by atoms with Crippen molar-refractivity contribution in [1.82, 2.24) is 10.2 Å². The lowest BCUT2D eigenvalue weighted by molar-refractivity contribution is -0.122. The zero-order chi connectivity index (χ0) is 18.7. The summed E-state index contributed by atoms with van der Waals surface area (Å²) in [5.41, 5.74) is 0.668. The van der Waals surface area contributed by atoms with E-state index in [1.807, 2.05) is 0 Å². The predicted molar refractivity (Wildman–Crippen MR) is 99.9 cm³/mol. The van der Waals surface area contributed by atoms with Gasteiger partial charge in [-0.05, 0) is 48.5 Å². The SMILES string of the molecule is Cc1ccc(C(=O)NCCN2C(=O)S/C(=C\c3ccccc3Cl)C2=O)o1. The predicted octanol–water partition coefficient (Wildman–Crippen LogP) is 3.71. The number of benzene rings is 1. The lowest BCUT2D eigenvalue weighted by Crippen LogP contribution is -2.37. The Bertz CT molecular complexity index is 906. The first-order valence-electron chi connectivity index (χ1n) is 7.80. The number of thioether (sulfide) groups is 1. The molecular weight excluding hydrogens is 376 g/mol. The maximum absolute atomic E-state index is 12.4. The number of nitrogens with zero attached hydrogens (tertiary/aromatic N) is 1. The lowest BCUT2D eigenvalue weighted by atomic mass is 10.2. The molecule has 26 heavy (non-hydrogen) atoms. The summed E-state index contributed by atoms with van der Waals surface area (Å²) in [6.45, 7) is 1.95. The van der Waals surface area contributed by atoms with Crippen LogP contribution >= 0.6 is 23.4 Å². The van der Waals surface area contributed by atoms with Crippen molar-refractivity contribution in [2.75, 3.05) is 13.1 Å². The van der Waals surface area contributed by atoms with Gasteiger partial charge < -0.3 is 9.73 Å². The number of imide groups is 1. The van der Waals surface area contributed by atoms with E-state index in [0.29, 0.717) is 21.3 Å². The molecule has 0 atom stereocenters. The Morgan fingerprint density at radius 1 is 1.27 bits per heavy atom. The van der Waals surface area contributed by atoms with E-state index in [4.69, 9.17) is 16.0 Å². The van der Waals surface area contributed by atoms with Gasteiger partial charge in [0.1, 0.15) is 5.76 Å². The topological polar surface area (TPSA) is 79.6 Å². The second-order valence-corrected chi connectivity index (χ2v) is 6.92. The molecule has 3 amide bonds. The van der Waals surface area contributed by atoms with Crippen molar-refractivity contribution < 1.29 is 18.8 Å². The first kappa shape index (κ1) is 18.3. The van der Waals surface area contributed by atoms with Crippen LogP contribution in [0.5, 0.6) is 0 Å². The fourth-order valence-corrected chi connectivity index (χ4v) is 3.40. The molecule has 134 valence electrons. The molecule has 1 saturated heterocycles. The van der Waals surface area contributed by atoms with Gasteiger partial charge in [0, 0.05) is 18.1 Å². The van der Waals surface area contributed by atoms with Gasteiger partial charge in [-0.2, -0.15) is 0 Å². The van der Waals surface area contributed by atoms with Crippen LogP contribution in [0, 0.1) is 6.92 Å². The first-order chi connectivity index (χ1) is 12.5. The van der Waals surface area contributed by atoms with Crippen molar-refractivity contribution in [3.8, 4) is 0 Å². The highest BCUT2D eigenvalue weighted by molar-refractivity contribution is 8.18. The van der Waals surface area contributed by atoms with Crippen molar-refractivity contribution >= 4 is 46.5 Å². The van der Waals surface area contributed by atoms with E-state index in [1.165, 1.54) is 0 Å². The van der Waals surface area contributed by atoms with Gasteiger partial charge in [-0.1, -0.05) is 29.8 Å². The number of hydrogen-bond donors (Lipinski definition) is 1. The number of furan rings is 1. The summed E-state index contributed by atoms with van der Waals surface area (Å²) in [7, 11) is 0. The van der Waals surface area contributed by atoms with Gasteiger partial charge in [0.2, 0.25) is 0 Å². The molecule has 0 radical (unpaired) electrons. The van der Waals surface area contributed by atoms with Gasteiger partial charge in [-0.25, -0.2) is 0 Å². The molecule has 1 aliphatic heterocycles. The van der Waals surface area contributed by atoms with Crippen LogP contribution in [0.1, 0.15) is 21.9 Å². The zero-order valence-corrected chi connectivity index (χ0v) is 15.4. The van der Waals surface area contributed by atoms with Crippen LogP contribution in [-0.4, -0.2) is 35.0 Å². The van der Waals surface area contributed by atoms with Gasteiger partial charge in [-0.15, -0.1) is 0 Å². The molecule has 1 aliphatic rings. The maximum Gasteiger partial charge on any atom is 0.293 e. The largest absolute Gasteiger partial charge is 0.456 e. The number of aryl methyl sites for hydroxylation is 1. The number of carbonyl (C=O) groups excluding carboxylic acids is 3. The van der Waals surface area contributed by atoms with Gasteiger partial charge in [0.15, 0.2) is 5.76 Å². The van der Waals surface area contributed by atoms with Crippen LogP contribution in [0.4, 0.5) is 4.79 Å². The quantitative estimate of drug-likeness (QED) is 0.787. The highest BCUT2D eigenvalue weighted by atomic mass is 35.5. The molecule has 3 rings (SSSR count). The van der Waals surface area contributed by atoms with E-state index in [1.54, 1.807) is 49.4 Å². The maximum atomic E-state index is 12.4. The van der Waals surface area contributed by atoms with E-state index in [9.17, 15) is 14.4 Å². The second-order valence-electron chi connectivity index (χ2n) is 5.52. The average molecular weight is 391 g/mol. The molecule has 0 bridgehead atoms. The fourth-order valence-electron chi connectivity index (χ4n) is 2.35. The van der Waals surface area contributed by atoms with Crippen LogP contribution in [0.25, 0.3) is 6.08 Å². The molecule has 1 N–H and O–H groups in total. The zero-order valence-electron chi connectivity index (χ0n) is 13.8. The van der Waals surface area contributed by atoms with E-state index in [0.717, 1.165) is 16.7 Å². The third kappa shape index (κ3) is 4.00. The summed E-state index contributed by atoms with van der Waals surface area (Å²) in [5.74, 6) is 0.0285. The summed E-state index contributed by atoms with van der Waals surface area (Å²) in [4.78, 5) is 37.8. The van der Waals surface area contributed by atoms with Crippen LogP contribution in [0.2, 0.25) is 5.02 Å². The normalized spacial score (nSPS) is 15.8. The minimum Gasteiger partial charge on any atom is -0.456 e. The van der Waals surface area contributed by atoms with Crippen molar-refractivity contribution in [3.63, 3.8) is 0 Å². The molecule has 1 aromatic heterocycles. The minimum absolute atomic E-state index is 0.0793. The number of amides is 3. The molecule has 0 spiro atoms. The molecule has 6 nitrogen and oxygen atoms in total. The number of carbonyl (C=O) groups is 3. The van der Waals surface area contributed by atoms with E-state index in [-0.39, 0.29) is 24.1 Å².